The van der Waals surface area contributed by atoms with Gasteiger partial charge in [0, 0.05) is 24.2 Å². The highest BCUT2D eigenvalue weighted by molar-refractivity contribution is 7.15. The van der Waals surface area contributed by atoms with Gasteiger partial charge in [-0.3, -0.25) is 9.20 Å². The minimum absolute atomic E-state index is 0.148. The SMILES string of the molecule is Cc1ccc(OCCCCNC(=O)/C=C/c2c(Cl)nc3sccn23)cc1. The maximum atomic E-state index is 11.9. The number of carbonyl (C=O) groups is 1. The molecule has 2 heterocycles. The van der Waals surface area contributed by atoms with Crippen LogP contribution in [0.2, 0.25) is 5.15 Å². The molecular weight excluding hydrogens is 370 g/mol. The number of hydrogen-bond acceptors (Lipinski definition) is 4. The highest BCUT2D eigenvalue weighted by Crippen LogP contribution is 2.22. The van der Waals surface area contributed by atoms with E-state index >= 15 is 0 Å². The average Bonchev–Trinajstić information content (AvgIpc) is 3.18. The van der Waals surface area contributed by atoms with Gasteiger partial charge in [-0.2, -0.15) is 0 Å². The molecule has 0 radical (unpaired) electrons. The topological polar surface area (TPSA) is 55.6 Å². The first kappa shape index (κ1) is 18.5. The lowest BCUT2D eigenvalue weighted by molar-refractivity contribution is -0.116. The average molecular weight is 390 g/mol. The first-order chi connectivity index (χ1) is 12.6. The summed E-state index contributed by atoms with van der Waals surface area (Å²) >= 11 is 7.59. The Hall–Kier alpha value is -2.31. The second kappa shape index (κ2) is 8.87. The Bertz CT molecular complexity index is 899. The molecular formula is C19H20ClN3O2S. The molecule has 26 heavy (non-hydrogen) atoms. The number of thiazole rings is 1. The van der Waals surface area contributed by atoms with E-state index in [1.54, 1.807) is 6.08 Å². The normalized spacial score (nSPS) is 11.3. The van der Waals surface area contributed by atoms with Crippen molar-refractivity contribution >= 4 is 39.9 Å². The van der Waals surface area contributed by atoms with Crippen LogP contribution in [0.3, 0.4) is 0 Å². The zero-order chi connectivity index (χ0) is 18.4. The van der Waals surface area contributed by atoms with Gasteiger partial charge in [0.1, 0.15) is 5.75 Å². The molecule has 1 N–H and O–H groups in total. The molecule has 0 saturated heterocycles. The number of carbonyl (C=O) groups excluding carboxylic acids is 1. The number of nitrogens with one attached hydrogen (secondary N) is 1. The lowest BCUT2D eigenvalue weighted by atomic mass is 10.2. The van der Waals surface area contributed by atoms with E-state index in [2.05, 4.69) is 10.3 Å². The predicted octanol–water partition coefficient (Wildman–Crippen LogP) is 4.35. The van der Waals surface area contributed by atoms with Crippen molar-refractivity contribution < 1.29 is 9.53 Å². The second-order valence-corrected chi connectivity index (χ2v) is 7.07. The van der Waals surface area contributed by atoms with Gasteiger partial charge in [0.25, 0.3) is 0 Å². The van der Waals surface area contributed by atoms with Gasteiger partial charge in [-0.25, -0.2) is 4.98 Å². The van der Waals surface area contributed by atoms with Gasteiger partial charge in [-0.15, -0.1) is 11.3 Å². The van der Waals surface area contributed by atoms with Crippen LogP contribution in [0.4, 0.5) is 0 Å². The van der Waals surface area contributed by atoms with E-state index in [0.717, 1.165) is 23.6 Å². The lowest BCUT2D eigenvalue weighted by Gasteiger charge is -2.06. The summed E-state index contributed by atoms with van der Waals surface area (Å²) in [7, 11) is 0. The molecule has 3 aromatic rings. The maximum Gasteiger partial charge on any atom is 0.244 e. The number of aromatic nitrogens is 2. The zero-order valence-electron chi connectivity index (χ0n) is 14.4. The smallest absolute Gasteiger partial charge is 0.244 e. The molecule has 0 fully saturated rings. The van der Waals surface area contributed by atoms with Crippen LogP contribution in [0.5, 0.6) is 5.75 Å². The maximum absolute atomic E-state index is 11.9. The number of amides is 1. The number of imidazole rings is 1. The van der Waals surface area contributed by atoms with E-state index < -0.39 is 0 Å². The summed E-state index contributed by atoms with van der Waals surface area (Å²) in [6, 6.07) is 7.99. The molecule has 0 aliphatic rings. The molecule has 1 aromatic carbocycles. The van der Waals surface area contributed by atoms with Crippen molar-refractivity contribution in [1.82, 2.24) is 14.7 Å². The third-order valence-electron chi connectivity index (χ3n) is 3.81. The summed E-state index contributed by atoms with van der Waals surface area (Å²) < 4.78 is 7.52. The van der Waals surface area contributed by atoms with Crippen LogP contribution in [0.15, 0.2) is 41.9 Å². The molecule has 136 valence electrons. The summed E-state index contributed by atoms with van der Waals surface area (Å²) in [6.07, 6.45) is 6.78. The standard InChI is InChI=1S/C19H20ClN3O2S/c1-14-4-6-15(7-5-14)25-12-3-2-10-21-17(24)9-8-16-18(20)22-19-23(16)11-13-26-19/h4-9,11,13H,2-3,10,12H2,1H3,(H,21,24)/b9-8+. The Balaban J connectivity index is 1.36. The third-order valence-corrected chi connectivity index (χ3v) is 4.84. The van der Waals surface area contributed by atoms with Crippen molar-refractivity contribution in [2.75, 3.05) is 13.2 Å². The molecule has 0 spiro atoms. The molecule has 0 aliphatic heterocycles. The van der Waals surface area contributed by atoms with Crippen LogP contribution in [0, 0.1) is 6.92 Å². The number of hydrogen-bond donors (Lipinski definition) is 1. The van der Waals surface area contributed by atoms with Gasteiger partial charge in [0.05, 0.1) is 12.3 Å². The van der Waals surface area contributed by atoms with Crippen molar-refractivity contribution in [2.24, 2.45) is 0 Å². The van der Waals surface area contributed by atoms with Crippen LogP contribution in [0.25, 0.3) is 11.0 Å². The molecule has 0 aliphatic carbocycles. The quantitative estimate of drug-likeness (QED) is 0.460. The molecule has 2 aromatic heterocycles. The number of benzene rings is 1. The number of halogens is 1. The number of unbranched alkanes of at least 4 members (excludes halogenated alkanes) is 1. The second-order valence-electron chi connectivity index (χ2n) is 5.84. The van der Waals surface area contributed by atoms with Gasteiger partial charge >= 0.3 is 0 Å². The van der Waals surface area contributed by atoms with E-state index in [9.17, 15) is 4.79 Å². The van der Waals surface area contributed by atoms with Crippen molar-refractivity contribution in [2.45, 2.75) is 19.8 Å². The van der Waals surface area contributed by atoms with Crippen molar-refractivity contribution in [1.29, 1.82) is 0 Å². The van der Waals surface area contributed by atoms with Gasteiger partial charge < -0.3 is 10.1 Å². The summed E-state index contributed by atoms with van der Waals surface area (Å²) in [4.78, 5) is 16.9. The number of ether oxygens (including phenoxy) is 1. The van der Waals surface area contributed by atoms with E-state index in [0.29, 0.717) is 24.0 Å². The predicted molar refractivity (Wildman–Crippen MR) is 106 cm³/mol. The fourth-order valence-electron chi connectivity index (χ4n) is 2.40. The van der Waals surface area contributed by atoms with Crippen LogP contribution >= 0.6 is 22.9 Å². The summed E-state index contributed by atoms with van der Waals surface area (Å²) in [5.41, 5.74) is 1.93. The van der Waals surface area contributed by atoms with Crippen molar-refractivity contribution in [3.63, 3.8) is 0 Å². The molecule has 0 bridgehead atoms. The summed E-state index contributed by atoms with van der Waals surface area (Å²) in [5.74, 6) is 0.727. The summed E-state index contributed by atoms with van der Waals surface area (Å²) in [6.45, 7) is 3.29. The molecule has 0 unspecified atom stereocenters. The molecule has 0 atom stereocenters. The third kappa shape index (κ3) is 4.86. The van der Waals surface area contributed by atoms with Crippen LogP contribution < -0.4 is 10.1 Å². The monoisotopic (exact) mass is 389 g/mol. The van der Waals surface area contributed by atoms with E-state index in [-0.39, 0.29) is 5.91 Å². The van der Waals surface area contributed by atoms with E-state index in [1.165, 1.54) is 23.0 Å². The Morgan fingerprint density at radius 1 is 1.35 bits per heavy atom. The number of aryl methyl sites for hydroxylation is 1. The lowest BCUT2D eigenvalue weighted by Crippen LogP contribution is -2.22. The molecule has 1 amide bonds. The van der Waals surface area contributed by atoms with E-state index in [1.807, 2.05) is 47.2 Å². The minimum atomic E-state index is -0.148. The van der Waals surface area contributed by atoms with Gasteiger partial charge in [0.2, 0.25) is 5.91 Å². The molecule has 3 rings (SSSR count). The van der Waals surface area contributed by atoms with Crippen LogP contribution in [0.1, 0.15) is 24.1 Å². The van der Waals surface area contributed by atoms with Gasteiger partial charge in [-0.05, 0) is 38.0 Å². The highest BCUT2D eigenvalue weighted by atomic mass is 35.5. The molecule has 5 nitrogen and oxygen atoms in total. The fourth-order valence-corrected chi connectivity index (χ4v) is 3.41. The van der Waals surface area contributed by atoms with Crippen LogP contribution in [-0.2, 0) is 4.79 Å². The number of rotatable bonds is 8. The Labute approximate surface area is 161 Å². The Morgan fingerprint density at radius 3 is 2.96 bits per heavy atom. The number of fused-ring (bicyclic) bond motifs is 1. The molecule has 0 saturated carbocycles. The number of nitrogens with zero attached hydrogens (tertiary/aromatic N) is 2. The van der Waals surface area contributed by atoms with Crippen molar-refractivity contribution in [3.8, 4) is 5.75 Å². The first-order valence-electron chi connectivity index (χ1n) is 8.40. The van der Waals surface area contributed by atoms with E-state index in [4.69, 9.17) is 16.3 Å². The fraction of sp³-hybridized carbons (Fsp3) is 0.263. The van der Waals surface area contributed by atoms with Crippen LogP contribution in [-0.4, -0.2) is 28.4 Å². The minimum Gasteiger partial charge on any atom is -0.494 e. The summed E-state index contributed by atoms with van der Waals surface area (Å²) in [5, 5.41) is 5.18. The van der Waals surface area contributed by atoms with Gasteiger partial charge in [-0.1, -0.05) is 29.3 Å². The Kier molecular flexibility index (Phi) is 6.30. The first-order valence-corrected chi connectivity index (χ1v) is 9.65. The van der Waals surface area contributed by atoms with Gasteiger partial charge in [0.15, 0.2) is 10.1 Å². The van der Waals surface area contributed by atoms with Crippen molar-refractivity contribution in [3.05, 3.63) is 58.3 Å². The zero-order valence-corrected chi connectivity index (χ0v) is 16.0. The molecule has 7 heteroatoms. The highest BCUT2D eigenvalue weighted by Gasteiger charge is 2.08. The largest absolute Gasteiger partial charge is 0.494 e. The Morgan fingerprint density at radius 2 is 2.15 bits per heavy atom.